The highest BCUT2D eigenvalue weighted by Gasteiger charge is 2.39. The molecule has 0 amide bonds. The van der Waals surface area contributed by atoms with E-state index in [9.17, 15) is 13.2 Å². The number of hydrogen-bond acceptors (Lipinski definition) is 2. The molecule has 1 heterocycles. The fourth-order valence-corrected chi connectivity index (χ4v) is 2.35. The van der Waals surface area contributed by atoms with Crippen LogP contribution in [0.4, 0.5) is 19.0 Å². The molecule has 2 nitrogen and oxygen atoms in total. The summed E-state index contributed by atoms with van der Waals surface area (Å²) < 4.78 is 39.4. The molecule has 0 aromatic carbocycles. The van der Waals surface area contributed by atoms with Crippen molar-refractivity contribution in [3.8, 4) is 0 Å². The Morgan fingerprint density at radius 1 is 1.28 bits per heavy atom. The number of aryl methyl sites for hydroxylation is 1. The number of aromatic nitrogens is 1. The number of nitrogens with two attached hydrogens (primary N) is 1. The lowest BCUT2D eigenvalue weighted by atomic mass is 9.78. The largest absolute Gasteiger partial charge is 0.418 e. The maximum Gasteiger partial charge on any atom is 0.418 e. The first-order valence-electron chi connectivity index (χ1n) is 5.94. The van der Waals surface area contributed by atoms with Crippen LogP contribution >= 0.6 is 0 Å². The molecule has 0 atom stereocenters. The number of halogens is 3. The van der Waals surface area contributed by atoms with Gasteiger partial charge in [-0.15, -0.1) is 0 Å². The van der Waals surface area contributed by atoms with Crippen molar-refractivity contribution in [1.82, 2.24) is 4.98 Å². The van der Waals surface area contributed by atoms with E-state index in [0.717, 1.165) is 6.42 Å². The minimum absolute atomic E-state index is 0.0540. The average Bonchev–Trinajstić information content (AvgIpc) is 2.13. The normalized spacial score (nSPS) is 12.8. The van der Waals surface area contributed by atoms with Crippen molar-refractivity contribution < 1.29 is 13.2 Å². The minimum Gasteiger partial charge on any atom is -0.384 e. The number of nitrogens with zero attached hydrogens (tertiary/aromatic N) is 1. The SMILES string of the molecule is CCCC(C)(C)c1cc(N)nc(C)c1C(F)(F)F. The first-order valence-corrected chi connectivity index (χ1v) is 5.94. The Morgan fingerprint density at radius 3 is 2.28 bits per heavy atom. The second-order valence-electron chi connectivity index (χ2n) is 5.19. The lowest BCUT2D eigenvalue weighted by molar-refractivity contribution is -0.139. The predicted molar refractivity (Wildman–Crippen MR) is 66.3 cm³/mol. The lowest BCUT2D eigenvalue weighted by Gasteiger charge is -2.29. The van der Waals surface area contributed by atoms with Gasteiger partial charge in [-0.1, -0.05) is 27.2 Å². The summed E-state index contributed by atoms with van der Waals surface area (Å²) in [4.78, 5) is 3.73. The fraction of sp³-hybridized carbons (Fsp3) is 0.615. The smallest absolute Gasteiger partial charge is 0.384 e. The van der Waals surface area contributed by atoms with Crippen LogP contribution in [0.25, 0.3) is 0 Å². The monoisotopic (exact) mass is 260 g/mol. The third kappa shape index (κ3) is 2.94. The van der Waals surface area contributed by atoms with Gasteiger partial charge in [0.05, 0.1) is 11.3 Å². The Kier molecular flexibility index (Phi) is 3.93. The molecule has 0 bridgehead atoms. The molecule has 1 aromatic rings. The standard InChI is InChI=1S/C13H19F3N2/c1-5-6-12(3,4)9-7-10(17)18-8(2)11(9)13(14,15)16/h7H,5-6H2,1-4H3,(H2,17,18). The first kappa shape index (κ1) is 14.8. The summed E-state index contributed by atoms with van der Waals surface area (Å²) in [6, 6.07) is 1.35. The summed E-state index contributed by atoms with van der Waals surface area (Å²) in [7, 11) is 0. The number of nitrogen functional groups attached to an aromatic ring is 1. The van der Waals surface area contributed by atoms with E-state index in [0.29, 0.717) is 6.42 Å². The highest BCUT2D eigenvalue weighted by molar-refractivity contribution is 5.46. The lowest BCUT2D eigenvalue weighted by Crippen LogP contribution is -2.24. The molecule has 102 valence electrons. The topological polar surface area (TPSA) is 38.9 Å². The fourth-order valence-electron chi connectivity index (χ4n) is 2.35. The molecule has 1 aromatic heterocycles. The van der Waals surface area contributed by atoms with Crippen LogP contribution in [0.1, 0.15) is 50.4 Å². The molecular weight excluding hydrogens is 241 g/mol. The van der Waals surface area contributed by atoms with Gasteiger partial charge in [0.2, 0.25) is 0 Å². The van der Waals surface area contributed by atoms with E-state index < -0.39 is 17.2 Å². The van der Waals surface area contributed by atoms with Gasteiger partial charge in [0.15, 0.2) is 0 Å². The Morgan fingerprint density at radius 2 is 1.83 bits per heavy atom. The van der Waals surface area contributed by atoms with Crippen molar-refractivity contribution in [2.45, 2.75) is 52.1 Å². The van der Waals surface area contributed by atoms with Gasteiger partial charge in [-0.2, -0.15) is 13.2 Å². The molecular formula is C13H19F3N2. The van der Waals surface area contributed by atoms with Crippen molar-refractivity contribution in [2.75, 3.05) is 5.73 Å². The molecule has 0 fully saturated rings. The van der Waals surface area contributed by atoms with E-state index in [2.05, 4.69) is 4.98 Å². The summed E-state index contributed by atoms with van der Waals surface area (Å²) in [5.74, 6) is 0.139. The second-order valence-corrected chi connectivity index (χ2v) is 5.19. The van der Waals surface area contributed by atoms with Gasteiger partial charge < -0.3 is 5.73 Å². The van der Waals surface area contributed by atoms with Gasteiger partial charge in [0.25, 0.3) is 0 Å². The number of rotatable bonds is 3. The van der Waals surface area contributed by atoms with Crippen LogP contribution in [-0.4, -0.2) is 4.98 Å². The Labute approximate surface area is 105 Å². The summed E-state index contributed by atoms with van der Waals surface area (Å²) >= 11 is 0. The van der Waals surface area contributed by atoms with Crippen LogP contribution < -0.4 is 5.73 Å². The quantitative estimate of drug-likeness (QED) is 0.889. The van der Waals surface area contributed by atoms with Crippen LogP contribution in [0.15, 0.2) is 6.07 Å². The molecule has 18 heavy (non-hydrogen) atoms. The maximum absolute atomic E-state index is 13.1. The van der Waals surface area contributed by atoms with E-state index in [-0.39, 0.29) is 17.1 Å². The van der Waals surface area contributed by atoms with Crippen LogP contribution in [0, 0.1) is 6.92 Å². The van der Waals surface area contributed by atoms with Gasteiger partial charge in [-0.05, 0) is 30.4 Å². The van der Waals surface area contributed by atoms with Crippen LogP contribution in [0.5, 0.6) is 0 Å². The van der Waals surface area contributed by atoms with Gasteiger partial charge >= 0.3 is 6.18 Å². The zero-order chi connectivity index (χ0) is 14.1. The molecule has 0 spiro atoms. The van der Waals surface area contributed by atoms with Crippen LogP contribution in [0.3, 0.4) is 0 Å². The molecule has 0 aliphatic heterocycles. The van der Waals surface area contributed by atoms with Crippen molar-refractivity contribution in [2.24, 2.45) is 0 Å². The Bertz CT molecular complexity index is 437. The number of hydrogen-bond donors (Lipinski definition) is 1. The molecule has 0 unspecified atom stereocenters. The first-order chi connectivity index (χ1) is 8.09. The summed E-state index contributed by atoms with van der Waals surface area (Å²) in [6.07, 6.45) is -2.92. The van der Waals surface area contributed by atoms with Gasteiger partial charge in [0, 0.05) is 0 Å². The Balaban J connectivity index is 3.51. The van der Waals surface area contributed by atoms with E-state index in [1.54, 1.807) is 13.8 Å². The van der Waals surface area contributed by atoms with Crippen molar-refractivity contribution in [1.29, 1.82) is 0 Å². The van der Waals surface area contributed by atoms with Crippen LogP contribution in [-0.2, 0) is 11.6 Å². The third-order valence-electron chi connectivity index (χ3n) is 3.11. The van der Waals surface area contributed by atoms with Crippen LogP contribution in [0.2, 0.25) is 0 Å². The zero-order valence-corrected chi connectivity index (χ0v) is 11.2. The van der Waals surface area contributed by atoms with Crippen molar-refractivity contribution >= 4 is 5.82 Å². The van der Waals surface area contributed by atoms with Crippen molar-refractivity contribution in [3.63, 3.8) is 0 Å². The highest BCUT2D eigenvalue weighted by Crippen LogP contribution is 2.41. The van der Waals surface area contributed by atoms with Gasteiger partial charge in [-0.25, -0.2) is 4.98 Å². The van der Waals surface area contributed by atoms with Gasteiger partial charge in [-0.3, -0.25) is 0 Å². The molecule has 0 saturated carbocycles. The van der Waals surface area contributed by atoms with E-state index in [1.165, 1.54) is 13.0 Å². The minimum atomic E-state index is -4.40. The molecule has 0 radical (unpaired) electrons. The molecule has 2 N–H and O–H groups in total. The average molecular weight is 260 g/mol. The maximum atomic E-state index is 13.1. The number of anilines is 1. The summed E-state index contributed by atoms with van der Waals surface area (Å²) in [5, 5.41) is 0. The molecule has 0 aliphatic rings. The Hall–Kier alpha value is -1.26. The zero-order valence-electron chi connectivity index (χ0n) is 11.2. The molecule has 0 saturated heterocycles. The number of pyridine rings is 1. The highest BCUT2D eigenvalue weighted by atomic mass is 19.4. The molecule has 5 heteroatoms. The van der Waals surface area contributed by atoms with E-state index >= 15 is 0 Å². The summed E-state index contributed by atoms with van der Waals surface area (Å²) in [5.41, 5.74) is 4.56. The van der Waals surface area contributed by atoms with E-state index in [4.69, 9.17) is 5.73 Å². The third-order valence-corrected chi connectivity index (χ3v) is 3.11. The van der Waals surface area contributed by atoms with E-state index in [1.807, 2.05) is 6.92 Å². The molecule has 1 rings (SSSR count). The molecule has 0 aliphatic carbocycles. The van der Waals surface area contributed by atoms with Crippen molar-refractivity contribution in [3.05, 3.63) is 22.9 Å². The second kappa shape index (κ2) is 4.78. The number of alkyl halides is 3. The summed E-state index contributed by atoms with van der Waals surface area (Å²) in [6.45, 7) is 6.91. The van der Waals surface area contributed by atoms with Gasteiger partial charge in [0.1, 0.15) is 5.82 Å². The predicted octanol–water partition coefficient (Wildman–Crippen LogP) is 4.07.